The van der Waals surface area contributed by atoms with Crippen molar-refractivity contribution < 1.29 is 26.0 Å². The van der Waals surface area contributed by atoms with Gasteiger partial charge in [-0.05, 0) is 43.3 Å². The Hall–Kier alpha value is -1.72. The third-order valence-corrected chi connectivity index (χ3v) is 7.51. The summed E-state index contributed by atoms with van der Waals surface area (Å²) in [7, 11) is -7.47. The molecular weight excluding hydrogens is 380 g/mol. The fourth-order valence-electron chi connectivity index (χ4n) is 2.62. The van der Waals surface area contributed by atoms with Gasteiger partial charge in [-0.25, -0.2) is 21.6 Å². The average Bonchev–Trinajstić information content (AvgIpc) is 3.17. The predicted octanol–water partition coefficient (Wildman–Crippen LogP) is 1.34. The summed E-state index contributed by atoms with van der Waals surface area (Å²) in [5, 5.41) is 0. The van der Waals surface area contributed by atoms with Gasteiger partial charge in [-0.2, -0.15) is 4.31 Å². The molecule has 1 fully saturated rings. The van der Waals surface area contributed by atoms with Crippen LogP contribution in [-0.2, 0) is 24.8 Å². The summed E-state index contributed by atoms with van der Waals surface area (Å²) >= 11 is 0. The zero-order valence-electron chi connectivity index (χ0n) is 14.2. The normalized spacial score (nSPS) is 17.9. The molecular formula is C16H20N2O6S2. The van der Waals surface area contributed by atoms with Gasteiger partial charge in [0.2, 0.25) is 20.0 Å². The Balaban J connectivity index is 1.78. The van der Waals surface area contributed by atoms with Gasteiger partial charge >= 0.3 is 0 Å². The van der Waals surface area contributed by atoms with Gasteiger partial charge in [-0.1, -0.05) is 0 Å². The van der Waals surface area contributed by atoms with E-state index in [1.807, 2.05) is 0 Å². The quantitative estimate of drug-likeness (QED) is 0.784. The molecule has 1 aromatic carbocycles. The van der Waals surface area contributed by atoms with E-state index in [4.69, 9.17) is 9.15 Å². The fourth-order valence-corrected chi connectivity index (χ4v) is 5.24. The third kappa shape index (κ3) is 3.99. The SMILES string of the molecule is C[C@H](NS(=O)(=O)c1ccc(S(=O)(=O)N2CCOCC2)cc1)c1ccco1. The predicted molar refractivity (Wildman–Crippen MR) is 93.5 cm³/mol. The average molecular weight is 400 g/mol. The smallest absolute Gasteiger partial charge is 0.243 e. The molecule has 0 aliphatic carbocycles. The monoisotopic (exact) mass is 400 g/mol. The number of rotatable bonds is 6. The molecule has 26 heavy (non-hydrogen) atoms. The summed E-state index contributed by atoms with van der Waals surface area (Å²) in [5.41, 5.74) is 0. The van der Waals surface area contributed by atoms with Gasteiger partial charge in [-0.3, -0.25) is 0 Å². The number of ether oxygens (including phenoxy) is 1. The minimum Gasteiger partial charge on any atom is -0.468 e. The first kappa shape index (κ1) is 19.1. The Morgan fingerprint density at radius 2 is 1.62 bits per heavy atom. The molecule has 0 spiro atoms. The second kappa shape index (κ2) is 7.49. The molecule has 2 aromatic rings. The van der Waals surface area contributed by atoms with Crippen LogP contribution in [0.2, 0.25) is 0 Å². The molecule has 1 aliphatic rings. The van der Waals surface area contributed by atoms with Gasteiger partial charge in [0, 0.05) is 13.1 Å². The highest BCUT2D eigenvalue weighted by molar-refractivity contribution is 7.89. The topological polar surface area (TPSA) is 106 Å². The van der Waals surface area contributed by atoms with Crippen molar-refractivity contribution in [1.82, 2.24) is 9.03 Å². The van der Waals surface area contributed by atoms with Crippen LogP contribution in [0.5, 0.6) is 0 Å². The molecule has 0 bridgehead atoms. The van der Waals surface area contributed by atoms with Crippen LogP contribution >= 0.6 is 0 Å². The fraction of sp³-hybridized carbons (Fsp3) is 0.375. The highest BCUT2D eigenvalue weighted by atomic mass is 32.2. The van der Waals surface area contributed by atoms with E-state index < -0.39 is 26.1 Å². The second-order valence-corrected chi connectivity index (χ2v) is 9.50. The van der Waals surface area contributed by atoms with E-state index in [0.717, 1.165) is 0 Å². The molecule has 1 N–H and O–H groups in total. The van der Waals surface area contributed by atoms with Gasteiger partial charge in [-0.15, -0.1) is 0 Å². The number of nitrogens with one attached hydrogen (secondary N) is 1. The van der Waals surface area contributed by atoms with Crippen LogP contribution in [0, 0.1) is 0 Å². The minimum atomic E-state index is -3.81. The van der Waals surface area contributed by atoms with Crippen molar-refractivity contribution in [3.05, 3.63) is 48.4 Å². The molecule has 3 rings (SSSR count). The summed E-state index contributed by atoms with van der Waals surface area (Å²) in [5.74, 6) is 0.486. The number of nitrogens with zero attached hydrogens (tertiary/aromatic N) is 1. The second-order valence-electron chi connectivity index (χ2n) is 5.85. The van der Waals surface area contributed by atoms with E-state index in [0.29, 0.717) is 19.0 Å². The number of hydrogen-bond donors (Lipinski definition) is 1. The van der Waals surface area contributed by atoms with Crippen LogP contribution in [0.15, 0.2) is 56.9 Å². The van der Waals surface area contributed by atoms with E-state index in [1.54, 1.807) is 19.1 Å². The minimum absolute atomic E-state index is 0.0168. The Labute approximate surface area is 152 Å². The van der Waals surface area contributed by atoms with Crippen molar-refractivity contribution in [3.8, 4) is 0 Å². The zero-order chi connectivity index (χ0) is 18.8. The first-order valence-corrected chi connectivity index (χ1v) is 11.0. The molecule has 1 aromatic heterocycles. The van der Waals surface area contributed by atoms with Crippen molar-refractivity contribution in [2.45, 2.75) is 22.8 Å². The maximum Gasteiger partial charge on any atom is 0.243 e. The highest BCUT2D eigenvalue weighted by Gasteiger charge is 2.27. The van der Waals surface area contributed by atoms with Gasteiger partial charge in [0.05, 0.1) is 35.3 Å². The molecule has 8 nitrogen and oxygen atoms in total. The van der Waals surface area contributed by atoms with Crippen LogP contribution in [0.4, 0.5) is 0 Å². The van der Waals surface area contributed by atoms with Crippen molar-refractivity contribution in [1.29, 1.82) is 0 Å². The zero-order valence-corrected chi connectivity index (χ0v) is 15.8. The van der Waals surface area contributed by atoms with Crippen molar-refractivity contribution in [2.24, 2.45) is 0 Å². The standard InChI is InChI=1S/C16H20N2O6S2/c1-13(16-3-2-10-24-16)17-25(19,20)14-4-6-15(7-5-14)26(21,22)18-8-11-23-12-9-18/h2-7,10,13,17H,8-9,11-12H2,1H3/t13-/m0/s1. The van der Waals surface area contributed by atoms with E-state index in [2.05, 4.69) is 4.72 Å². The van der Waals surface area contributed by atoms with Gasteiger partial charge in [0.15, 0.2) is 0 Å². The number of morpholine rings is 1. The molecule has 2 heterocycles. The van der Waals surface area contributed by atoms with Gasteiger partial charge in [0.25, 0.3) is 0 Å². The Bertz CT molecular complexity index is 931. The lowest BCUT2D eigenvalue weighted by Gasteiger charge is -2.26. The molecule has 142 valence electrons. The van der Waals surface area contributed by atoms with E-state index in [1.165, 1.54) is 34.8 Å². The molecule has 1 saturated heterocycles. The van der Waals surface area contributed by atoms with Crippen LogP contribution in [0.3, 0.4) is 0 Å². The first-order valence-electron chi connectivity index (χ1n) is 8.04. The van der Waals surface area contributed by atoms with Crippen molar-refractivity contribution in [3.63, 3.8) is 0 Å². The summed E-state index contributed by atoms with van der Waals surface area (Å²) < 4.78 is 64.3. The molecule has 0 unspecified atom stereocenters. The summed E-state index contributed by atoms with van der Waals surface area (Å²) in [6.45, 7) is 2.92. The molecule has 0 saturated carbocycles. The maximum atomic E-state index is 12.6. The lowest BCUT2D eigenvalue weighted by molar-refractivity contribution is 0.0730. The molecule has 0 amide bonds. The number of hydrogen-bond acceptors (Lipinski definition) is 6. The Morgan fingerprint density at radius 3 is 2.19 bits per heavy atom. The van der Waals surface area contributed by atoms with E-state index in [-0.39, 0.29) is 22.9 Å². The lowest BCUT2D eigenvalue weighted by Crippen LogP contribution is -2.40. The van der Waals surface area contributed by atoms with Crippen LogP contribution in [-0.4, -0.2) is 47.4 Å². The first-order chi connectivity index (χ1) is 12.3. The molecule has 1 atom stereocenters. The Kier molecular flexibility index (Phi) is 5.49. The molecule has 0 radical (unpaired) electrons. The summed E-state index contributed by atoms with van der Waals surface area (Å²) in [4.78, 5) is 0.0364. The van der Waals surface area contributed by atoms with Gasteiger partial charge in [0.1, 0.15) is 5.76 Å². The molecule has 1 aliphatic heterocycles. The van der Waals surface area contributed by atoms with E-state index in [9.17, 15) is 16.8 Å². The number of furan rings is 1. The van der Waals surface area contributed by atoms with Crippen LogP contribution in [0.25, 0.3) is 0 Å². The Morgan fingerprint density at radius 1 is 1.00 bits per heavy atom. The van der Waals surface area contributed by atoms with Crippen LogP contribution in [0.1, 0.15) is 18.7 Å². The summed E-state index contributed by atoms with van der Waals surface area (Å²) in [6, 6.07) is 7.96. The van der Waals surface area contributed by atoms with Gasteiger partial charge < -0.3 is 9.15 Å². The summed E-state index contributed by atoms with van der Waals surface area (Å²) in [6.07, 6.45) is 1.46. The largest absolute Gasteiger partial charge is 0.468 e. The number of sulfonamides is 2. The molecule has 10 heteroatoms. The van der Waals surface area contributed by atoms with Crippen molar-refractivity contribution >= 4 is 20.0 Å². The van der Waals surface area contributed by atoms with Crippen molar-refractivity contribution in [2.75, 3.05) is 26.3 Å². The lowest BCUT2D eigenvalue weighted by atomic mass is 10.3. The van der Waals surface area contributed by atoms with Crippen LogP contribution < -0.4 is 4.72 Å². The maximum absolute atomic E-state index is 12.6. The third-order valence-electron chi connectivity index (χ3n) is 4.04. The number of benzene rings is 1. The van der Waals surface area contributed by atoms with E-state index >= 15 is 0 Å². The highest BCUT2D eigenvalue weighted by Crippen LogP contribution is 2.21.